The number of halogens is 2. The van der Waals surface area contributed by atoms with Gasteiger partial charge in [-0.05, 0) is 37.9 Å². The molecule has 6 nitrogen and oxygen atoms in total. The Morgan fingerprint density at radius 2 is 2.21 bits per heavy atom. The van der Waals surface area contributed by atoms with Crippen molar-refractivity contribution in [2.75, 3.05) is 5.32 Å². The van der Waals surface area contributed by atoms with E-state index in [1.165, 1.54) is 28.4 Å². The van der Waals surface area contributed by atoms with Gasteiger partial charge in [-0.1, -0.05) is 0 Å². The quantitative estimate of drug-likeness (QED) is 0.814. The van der Waals surface area contributed by atoms with Gasteiger partial charge in [0.2, 0.25) is 0 Å². The summed E-state index contributed by atoms with van der Waals surface area (Å²) in [5.41, 5.74) is 0.451. The van der Waals surface area contributed by atoms with Gasteiger partial charge in [0, 0.05) is 10.7 Å². The summed E-state index contributed by atoms with van der Waals surface area (Å²) in [6, 6.07) is 1.70. The van der Waals surface area contributed by atoms with Gasteiger partial charge in [-0.15, -0.1) is 11.3 Å². The molecule has 0 unspecified atom stereocenters. The van der Waals surface area contributed by atoms with Crippen LogP contribution in [0.15, 0.2) is 26.7 Å². The number of carbonyl (C=O) groups is 2. The SMILES string of the molecule is O=C(O)Cn1cc(NC(=O)c2cc(Br)c(Br)s2)cn1. The van der Waals surface area contributed by atoms with Crippen molar-refractivity contribution in [1.82, 2.24) is 9.78 Å². The van der Waals surface area contributed by atoms with Crippen molar-refractivity contribution in [2.45, 2.75) is 6.54 Å². The molecule has 0 bridgehead atoms. The van der Waals surface area contributed by atoms with Crippen molar-refractivity contribution in [3.8, 4) is 0 Å². The van der Waals surface area contributed by atoms with Gasteiger partial charge in [0.25, 0.3) is 5.91 Å². The van der Waals surface area contributed by atoms with Crippen LogP contribution in [0, 0.1) is 0 Å². The minimum Gasteiger partial charge on any atom is -0.480 e. The molecule has 100 valence electrons. The fourth-order valence-corrected chi connectivity index (χ4v) is 3.24. The third kappa shape index (κ3) is 3.64. The second-order valence-electron chi connectivity index (χ2n) is 3.51. The standard InChI is InChI=1S/C10H7Br2N3O3S/c11-6-1-7(19-9(6)12)10(18)14-5-2-13-15(3-5)4-8(16)17/h1-3H,4H2,(H,14,18)(H,16,17). The first-order chi connectivity index (χ1) is 8.95. The number of hydrogen-bond acceptors (Lipinski definition) is 4. The van der Waals surface area contributed by atoms with Crippen LogP contribution >= 0.6 is 43.2 Å². The molecule has 0 aliphatic heterocycles. The average Bonchev–Trinajstić information content (AvgIpc) is 2.86. The summed E-state index contributed by atoms with van der Waals surface area (Å²) in [7, 11) is 0. The van der Waals surface area contributed by atoms with Crippen molar-refractivity contribution in [3.05, 3.63) is 31.6 Å². The maximum atomic E-state index is 11.9. The van der Waals surface area contributed by atoms with Gasteiger partial charge in [0.05, 0.1) is 20.5 Å². The number of anilines is 1. The third-order valence-electron chi connectivity index (χ3n) is 2.06. The molecule has 2 rings (SSSR count). The van der Waals surface area contributed by atoms with Crippen LogP contribution in [0.25, 0.3) is 0 Å². The van der Waals surface area contributed by atoms with Crippen LogP contribution in [-0.2, 0) is 11.3 Å². The summed E-state index contributed by atoms with van der Waals surface area (Å²) in [5.74, 6) is -1.27. The number of hydrogen-bond donors (Lipinski definition) is 2. The average molecular weight is 409 g/mol. The van der Waals surface area contributed by atoms with Crippen molar-refractivity contribution < 1.29 is 14.7 Å². The molecule has 19 heavy (non-hydrogen) atoms. The zero-order chi connectivity index (χ0) is 14.0. The molecule has 2 aromatic heterocycles. The van der Waals surface area contributed by atoms with E-state index in [0.717, 1.165) is 8.26 Å². The molecule has 0 saturated carbocycles. The van der Waals surface area contributed by atoms with Crippen molar-refractivity contribution >= 4 is 60.8 Å². The molecule has 1 amide bonds. The van der Waals surface area contributed by atoms with Gasteiger partial charge < -0.3 is 10.4 Å². The number of nitrogens with zero attached hydrogens (tertiary/aromatic N) is 2. The first-order valence-electron chi connectivity index (χ1n) is 4.96. The van der Waals surface area contributed by atoms with Gasteiger partial charge >= 0.3 is 5.97 Å². The Balaban J connectivity index is 2.06. The predicted molar refractivity (Wildman–Crippen MR) is 77.5 cm³/mol. The van der Waals surface area contributed by atoms with Gasteiger partial charge in [0.15, 0.2) is 0 Å². The number of aromatic nitrogens is 2. The van der Waals surface area contributed by atoms with Crippen molar-refractivity contribution in [3.63, 3.8) is 0 Å². The first-order valence-corrected chi connectivity index (χ1v) is 7.36. The number of thiophene rings is 1. The lowest BCUT2D eigenvalue weighted by molar-refractivity contribution is -0.137. The largest absolute Gasteiger partial charge is 0.480 e. The topological polar surface area (TPSA) is 84.2 Å². The molecule has 0 aliphatic carbocycles. The molecule has 0 fully saturated rings. The Bertz CT molecular complexity index is 618. The molecule has 2 heterocycles. The van der Waals surface area contributed by atoms with Crippen LogP contribution in [0.4, 0.5) is 5.69 Å². The number of amides is 1. The maximum Gasteiger partial charge on any atom is 0.325 e. The van der Waals surface area contributed by atoms with E-state index in [1.54, 1.807) is 6.07 Å². The van der Waals surface area contributed by atoms with Crippen molar-refractivity contribution in [1.29, 1.82) is 0 Å². The van der Waals surface area contributed by atoms with Gasteiger partial charge in [0.1, 0.15) is 6.54 Å². The molecule has 0 radical (unpaired) electrons. The number of carboxylic acids is 1. The lowest BCUT2D eigenvalue weighted by Gasteiger charge is -1.98. The Kier molecular flexibility index (Phi) is 4.38. The number of carboxylic acid groups (broad SMARTS) is 1. The highest BCUT2D eigenvalue weighted by molar-refractivity contribution is 9.13. The van der Waals surface area contributed by atoms with E-state index in [0.29, 0.717) is 10.6 Å². The van der Waals surface area contributed by atoms with E-state index in [9.17, 15) is 9.59 Å². The first kappa shape index (κ1) is 14.2. The third-order valence-corrected chi connectivity index (χ3v) is 5.31. The lowest BCUT2D eigenvalue weighted by atomic mass is 10.4. The fraction of sp³-hybridized carbons (Fsp3) is 0.100. The summed E-state index contributed by atoms with van der Waals surface area (Å²) in [6.45, 7) is -0.244. The Morgan fingerprint density at radius 3 is 2.79 bits per heavy atom. The van der Waals surface area contributed by atoms with E-state index in [1.807, 2.05) is 0 Å². The normalized spacial score (nSPS) is 10.4. The maximum absolute atomic E-state index is 11.9. The van der Waals surface area contributed by atoms with E-state index < -0.39 is 5.97 Å². The summed E-state index contributed by atoms with van der Waals surface area (Å²) in [4.78, 5) is 23.0. The zero-order valence-electron chi connectivity index (χ0n) is 9.26. The summed E-state index contributed by atoms with van der Waals surface area (Å²) in [5, 5.41) is 15.1. The summed E-state index contributed by atoms with van der Waals surface area (Å²) in [6.07, 6.45) is 2.86. The van der Waals surface area contributed by atoms with Crippen LogP contribution in [0.3, 0.4) is 0 Å². The molecule has 2 aromatic rings. The smallest absolute Gasteiger partial charge is 0.325 e. The molecular weight excluding hydrogens is 402 g/mol. The zero-order valence-corrected chi connectivity index (χ0v) is 13.2. The molecule has 2 N–H and O–H groups in total. The minimum absolute atomic E-state index is 0.244. The monoisotopic (exact) mass is 407 g/mol. The van der Waals surface area contributed by atoms with Gasteiger partial charge in [-0.3, -0.25) is 14.3 Å². The highest BCUT2D eigenvalue weighted by Gasteiger charge is 2.13. The molecule has 0 aromatic carbocycles. The van der Waals surface area contributed by atoms with Gasteiger partial charge in [-0.25, -0.2) is 0 Å². The molecule has 0 atom stereocenters. The van der Waals surface area contributed by atoms with Crippen LogP contribution in [0.1, 0.15) is 9.67 Å². The number of aliphatic carboxylic acids is 1. The Hall–Kier alpha value is -1.19. The highest BCUT2D eigenvalue weighted by Crippen LogP contribution is 2.32. The van der Waals surface area contributed by atoms with Crippen LogP contribution in [-0.4, -0.2) is 26.8 Å². The summed E-state index contributed by atoms with van der Waals surface area (Å²) < 4.78 is 2.88. The Labute approximate surface area is 128 Å². The van der Waals surface area contributed by atoms with Crippen molar-refractivity contribution in [2.24, 2.45) is 0 Å². The van der Waals surface area contributed by atoms with E-state index in [2.05, 4.69) is 42.3 Å². The number of carbonyl (C=O) groups excluding carboxylic acids is 1. The predicted octanol–water partition coefficient (Wildman–Crippen LogP) is 2.81. The molecular formula is C10H7Br2N3O3S. The molecule has 0 saturated heterocycles. The molecule has 0 aliphatic rings. The minimum atomic E-state index is -0.993. The van der Waals surface area contributed by atoms with Crippen LogP contribution in [0.5, 0.6) is 0 Å². The lowest BCUT2D eigenvalue weighted by Crippen LogP contribution is -2.10. The molecule has 9 heteroatoms. The molecule has 0 spiro atoms. The highest BCUT2D eigenvalue weighted by atomic mass is 79.9. The second-order valence-corrected chi connectivity index (χ2v) is 6.73. The van der Waals surface area contributed by atoms with E-state index >= 15 is 0 Å². The van der Waals surface area contributed by atoms with E-state index in [4.69, 9.17) is 5.11 Å². The van der Waals surface area contributed by atoms with Gasteiger partial charge in [-0.2, -0.15) is 5.10 Å². The Morgan fingerprint density at radius 1 is 1.47 bits per heavy atom. The van der Waals surface area contributed by atoms with Crippen LogP contribution in [0.2, 0.25) is 0 Å². The fourth-order valence-electron chi connectivity index (χ4n) is 1.30. The van der Waals surface area contributed by atoms with Crippen LogP contribution < -0.4 is 5.32 Å². The number of nitrogens with one attached hydrogen (secondary N) is 1. The number of rotatable bonds is 4. The summed E-state index contributed by atoms with van der Waals surface area (Å²) >= 11 is 7.91. The van der Waals surface area contributed by atoms with E-state index in [-0.39, 0.29) is 12.5 Å². The second kappa shape index (κ2) is 5.85.